The van der Waals surface area contributed by atoms with Gasteiger partial charge in [0.15, 0.2) is 9.84 Å². The molecular weight excluding hydrogens is 240 g/mol. The number of rotatable bonds is 6. The Labute approximate surface area is 105 Å². The first-order valence-electron chi connectivity index (χ1n) is 6.24. The van der Waals surface area contributed by atoms with Gasteiger partial charge in [-0.25, -0.2) is 8.42 Å². The summed E-state index contributed by atoms with van der Waals surface area (Å²) in [6.07, 6.45) is -0.581. The molecule has 17 heavy (non-hydrogen) atoms. The Bertz CT molecular complexity index is 295. The lowest BCUT2D eigenvalue weighted by Crippen LogP contribution is -2.32. The first-order chi connectivity index (χ1) is 7.80. The third kappa shape index (κ3) is 5.36. The standard InChI is InChI=1S/C12H24O4S/c1-9(2)5-15-11-7-17(13,14)8-12(11)16-6-10(3)4/h9-12H,5-8H2,1-4H3/t11-,12+. The summed E-state index contributed by atoms with van der Waals surface area (Å²) in [7, 11) is -2.99. The van der Waals surface area contributed by atoms with Crippen LogP contribution in [0.2, 0.25) is 0 Å². The average Bonchev–Trinajstić information content (AvgIpc) is 2.47. The minimum absolute atomic E-state index is 0.0997. The molecule has 0 bridgehead atoms. The van der Waals surface area contributed by atoms with Crippen LogP contribution in [0.3, 0.4) is 0 Å². The molecule has 0 spiro atoms. The van der Waals surface area contributed by atoms with Crippen LogP contribution in [0.25, 0.3) is 0 Å². The molecule has 0 N–H and O–H groups in total. The van der Waals surface area contributed by atoms with Crippen LogP contribution in [0, 0.1) is 11.8 Å². The van der Waals surface area contributed by atoms with Gasteiger partial charge >= 0.3 is 0 Å². The van der Waals surface area contributed by atoms with Gasteiger partial charge in [0.25, 0.3) is 0 Å². The van der Waals surface area contributed by atoms with E-state index in [2.05, 4.69) is 0 Å². The van der Waals surface area contributed by atoms with Crippen molar-refractivity contribution in [2.75, 3.05) is 24.7 Å². The van der Waals surface area contributed by atoms with E-state index in [1.807, 2.05) is 27.7 Å². The van der Waals surface area contributed by atoms with Gasteiger partial charge in [-0.3, -0.25) is 0 Å². The first kappa shape index (κ1) is 14.9. The third-order valence-corrected chi connectivity index (χ3v) is 4.21. The van der Waals surface area contributed by atoms with Gasteiger partial charge in [-0.2, -0.15) is 0 Å². The third-order valence-electron chi connectivity index (χ3n) is 2.54. The van der Waals surface area contributed by atoms with Gasteiger partial charge < -0.3 is 9.47 Å². The number of hydrogen-bond donors (Lipinski definition) is 0. The van der Waals surface area contributed by atoms with Crippen LogP contribution in [-0.2, 0) is 19.3 Å². The molecule has 0 aromatic heterocycles. The number of hydrogen-bond acceptors (Lipinski definition) is 4. The molecule has 1 aliphatic rings. The first-order valence-corrected chi connectivity index (χ1v) is 8.06. The molecule has 2 atom stereocenters. The Balaban J connectivity index is 2.52. The van der Waals surface area contributed by atoms with Crippen LogP contribution in [0.4, 0.5) is 0 Å². The molecular formula is C12H24O4S. The lowest BCUT2D eigenvalue weighted by molar-refractivity contribution is -0.0592. The molecule has 1 aliphatic heterocycles. The Morgan fingerprint density at radius 3 is 1.59 bits per heavy atom. The van der Waals surface area contributed by atoms with E-state index >= 15 is 0 Å². The summed E-state index contributed by atoms with van der Waals surface area (Å²) >= 11 is 0. The van der Waals surface area contributed by atoms with Crippen molar-refractivity contribution >= 4 is 9.84 Å². The van der Waals surface area contributed by atoms with E-state index in [9.17, 15) is 8.42 Å². The van der Waals surface area contributed by atoms with Crippen LogP contribution in [0.5, 0.6) is 0 Å². The van der Waals surface area contributed by atoms with Gasteiger partial charge in [0.2, 0.25) is 0 Å². The Morgan fingerprint density at radius 1 is 0.941 bits per heavy atom. The van der Waals surface area contributed by atoms with E-state index < -0.39 is 9.84 Å². The topological polar surface area (TPSA) is 52.6 Å². The zero-order chi connectivity index (χ0) is 13.1. The van der Waals surface area contributed by atoms with E-state index in [4.69, 9.17) is 9.47 Å². The summed E-state index contributed by atoms with van der Waals surface area (Å²) in [5, 5.41) is 0. The summed E-state index contributed by atoms with van der Waals surface area (Å²) in [6, 6.07) is 0. The zero-order valence-corrected chi connectivity index (χ0v) is 12.0. The summed E-state index contributed by atoms with van der Waals surface area (Å²) < 4.78 is 34.4. The molecule has 0 aliphatic carbocycles. The van der Waals surface area contributed by atoms with Gasteiger partial charge in [-0.1, -0.05) is 27.7 Å². The van der Waals surface area contributed by atoms with E-state index in [0.29, 0.717) is 25.0 Å². The molecule has 0 aromatic rings. The van der Waals surface area contributed by atoms with Crippen LogP contribution >= 0.6 is 0 Å². The number of sulfone groups is 1. The highest BCUT2D eigenvalue weighted by atomic mass is 32.2. The lowest BCUT2D eigenvalue weighted by Gasteiger charge is -2.21. The van der Waals surface area contributed by atoms with E-state index in [1.54, 1.807) is 0 Å². The van der Waals surface area contributed by atoms with Crippen LogP contribution in [-0.4, -0.2) is 45.3 Å². The minimum atomic E-state index is -2.99. The molecule has 0 unspecified atom stereocenters. The maximum absolute atomic E-state index is 11.6. The predicted molar refractivity (Wildman–Crippen MR) is 67.8 cm³/mol. The van der Waals surface area contributed by atoms with Crippen molar-refractivity contribution in [1.29, 1.82) is 0 Å². The van der Waals surface area contributed by atoms with Crippen molar-refractivity contribution in [3.63, 3.8) is 0 Å². The molecule has 1 fully saturated rings. The van der Waals surface area contributed by atoms with Crippen molar-refractivity contribution in [3.8, 4) is 0 Å². The van der Waals surface area contributed by atoms with Crippen LogP contribution in [0.1, 0.15) is 27.7 Å². The van der Waals surface area contributed by atoms with Gasteiger partial charge in [0.1, 0.15) is 0 Å². The van der Waals surface area contributed by atoms with E-state index in [1.165, 1.54) is 0 Å². The van der Waals surface area contributed by atoms with E-state index in [0.717, 1.165) is 0 Å². The van der Waals surface area contributed by atoms with Crippen molar-refractivity contribution in [2.45, 2.75) is 39.9 Å². The molecule has 0 aromatic carbocycles. The van der Waals surface area contributed by atoms with Crippen molar-refractivity contribution in [2.24, 2.45) is 11.8 Å². The monoisotopic (exact) mass is 264 g/mol. The molecule has 1 rings (SSSR count). The SMILES string of the molecule is CC(C)CO[C@H]1CS(=O)(=O)C[C@H]1OCC(C)C. The van der Waals surface area contributed by atoms with Gasteiger partial charge in [0.05, 0.1) is 23.7 Å². The second-order valence-electron chi connectivity index (χ2n) is 5.61. The molecule has 1 heterocycles. The largest absolute Gasteiger partial charge is 0.374 e. The van der Waals surface area contributed by atoms with Crippen molar-refractivity contribution < 1.29 is 17.9 Å². The molecule has 5 heteroatoms. The van der Waals surface area contributed by atoms with Crippen molar-refractivity contribution in [1.82, 2.24) is 0 Å². The van der Waals surface area contributed by atoms with Crippen LogP contribution < -0.4 is 0 Å². The molecule has 1 saturated heterocycles. The summed E-state index contributed by atoms with van der Waals surface area (Å²) in [6.45, 7) is 9.37. The average molecular weight is 264 g/mol. The Kier molecular flexibility index (Phi) is 5.41. The van der Waals surface area contributed by atoms with E-state index in [-0.39, 0.29) is 23.7 Å². The smallest absolute Gasteiger partial charge is 0.155 e. The normalized spacial score (nSPS) is 28.1. The fraction of sp³-hybridized carbons (Fsp3) is 1.00. The zero-order valence-electron chi connectivity index (χ0n) is 11.2. The molecule has 0 amide bonds. The highest BCUT2D eigenvalue weighted by molar-refractivity contribution is 7.91. The van der Waals surface area contributed by atoms with Gasteiger partial charge in [-0.05, 0) is 11.8 Å². The highest BCUT2D eigenvalue weighted by Crippen LogP contribution is 2.20. The Hall–Kier alpha value is -0.130. The van der Waals surface area contributed by atoms with Gasteiger partial charge in [0, 0.05) is 13.2 Å². The second kappa shape index (κ2) is 6.16. The fourth-order valence-electron chi connectivity index (χ4n) is 1.73. The van der Waals surface area contributed by atoms with Crippen molar-refractivity contribution in [3.05, 3.63) is 0 Å². The predicted octanol–water partition coefficient (Wildman–Crippen LogP) is 1.50. The highest BCUT2D eigenvalue weighted by Gasteiger charge is 2.39. The summed E-state index contributed by atoms with van der Waals surface area (Å²) in [5.74, 6) is 1.01. The molecule has 0 radical (unpaired) electrons. The lowest BCUT2D eigenvalue weighted by atomic mass is 10.2. The fourth-order valence-corrected chi connectivity index (χ4v) is 3.49. The molecule has 102 valence electrons. The summed E-state index contributed by atoms with van der Waals surface area (Å²) in [5.41, 5.74) is 0. The Morgan fingerprint density at radius 2 is 1.29 bits per heavy atom. The minimum Gasteiger partial charge on any atom is -0.374 e. The van der Waals surface area contributed by atoms with Gasteiger partial charge in [-0.15, -0.1) is 0 Å². The quantitative estimate of drug-likeness (QED) is 0.729. The maximum atomic E-state index is 11.6. The summed E-state index contributed by atoms with van der Waals surface area (Å²) in [4.78, 5) is 0. The number of ether oxygens (including phenoxy) is 2. The molecule has 4 nitrogen and oxygen atoms in total. The second-order valence-corrected chi connectivity index (χ2v) is 7.76. The maximum Gasteiger partial charge on any atom is 0.155 e. The molecule has 0 saturated carbocycles. The van der Waals surface area contributed by atoms with Crippen LogP contribution in [0.15, 0.2) is 0 Å².